The molecule has 6 heteroatoms. The minimum atomic E-state index is -0.544. The first-order valence-corrected chi connectivity index (χ1v) is 8.80. The number of nitrogens with one attached hydrogen (secondary N) is 2. The fourth-order valence-corrected chi connectivity index (χ4v) is 3.25. The van der Waals surface area contributed by atoms with Gasteiger partial charge in [0.05, 0.1) is 0 Å². The number of halogens is 1. The van der Waals surface area contributed by atoms with Crippen molar-refractivity contribution in [1.82, 2.24) is 10.6 Å². The predicted octanol–water partition coefficient (Wildman–Crippen LogP) is 2.41. The van der Waals surface area contributed by atoms with E-state index in [9.17, 15) is 9.59 Å². The smallest absolute Gasteiger partial charge is 0.251 e. The lowest BCUT2D eigenvalue weighted by molar-refractivity contribution is -0.124. The number of hydrogen-bond donors (Lipinski definition) is 3. The van der Waals surface area contributed by atoms with Gasteiger partial charge in [0.15, 0.2) is 0 Å². The van der Waals surface area contributed by atoms with Crippen molar-refractivity contribution in [1.29, 1.82) is 0 Å². The van der Waals surface area contributed by atoms with E-state index in [0.29, 0.717) is 18.0 Å². The molecule has 5 nitrogen and oxygen atoms in total. The van der Waals surface area contributed by atoms with Gasteiger partial charge in [0.1, 0.15) is 6.04 Å². The molecule has 0 bridgehead atoms. The van der Waals surface area contributed by atoms with Crippen molar-refractivity contribution in [3.05, 3.63) is 35.4 Å². The van der Waals surface area contributed by atoms with E-state index in [2.05, 4.69) is 10.6 Å². The Labute approximate surface area is 156 Å². The van der Waals surface area contributed by atoms with E-state index in [4.69, 9.17) is 5.73 Å². The zero-order chi connectivity index (χ0) is 17.7. The van der Waals surface area contributed by atoms with Crippen molar-refractivity contribution in [3.8, 4) is 0 Å². The molecular weight excluding hydrogens is 338 g/mol. The van der Waals surface area contributed by atoms with Gasteiger partial charge in [-0.1, -0.05) is 38.0 Å². The lowest BCUT2D eigenvalue weighted by Crippen LogP contribution is -2.53. The van der Waals surface area contributed by atoms with Crippen LogP contribution in [-0.2, 0) is 4.79 Å². The third-order valence-corrected chi connectivity index (χ3v) is 4.84. The number of amides is 2. The van der Waals surface area contributed by atoms with Gasteiger partial charge >= 0.3 is 0 Å². The zero-order valence-corrected chi connectivity index (χ0v) is 16.1. The average molecular weight is 368 g/mol. The summed E-state index contributed by atoms with van der Waals surface area (Å²) < 4.78 is 0. The van der Waals surface area contributed by atoms with Crippen molar-refractivity contribution in [2.24, 2.45) is 17.6 Å². The Bertz CT molecular complexity index is 575. The summed E-state index contributed by atoms with van der Waals surface area (Å²) >= 11 is 0. The van der Waals surface area contributed by atoms with Gasteiger partial charge in [-0.15, -0.1) is 12.4 Å². The minimum Gasteiger partial charge on any atom is -0.351 e. The molecule has 1 aromatic rings. The molecular formula is C19H30ClN3O2. The largest absolute Gasteiger partial charge is 0.351 e. The molecule has 1 fully saturated rings. The molecule has 0 heterocycles. The van der Waals surface area contributed by atoms with Gasteiger partial charge in [0.25, 0.3) is 5.91 Å². The summed E-state index contributed by atoms with van der Waals surface area (Å²) in [6, 6.07) is 6.92. The number of carbonyl (C=O) groups is 2. The molecule has 25 heavy (non-hydrogen) atoms. The standard InChI is InChI=1S/C19H29N3O2.ClH/c1-12(2)17(19(24)21-16-6-4-5-15(16)11-20)22-18(23)14-9-7-13(3)8-10-14;/h7-10,12,15-17H,4-6,11,20H2,1-3H3,(H,21,24)(H,22,23);1H. The Morgan fingerprint density at radius 2 is 1.84 bits per heavy atom. The highest BCUT2D eigenvalue weighted by atomic mass is 35.5. The van der Waals surface area contributed by atoms with E-state index in [-0.39, 0.29) is 36.2 Å². The number of rotatable bonds is 6. The molecule has 0 radical (unpaired) electrons. The quantitative estimate of drug-likeness (QED) is 0.721. The molecule has 140 valence electrons. The molecule has 2 amide bonds. The summed E-state index contributed by atoms with van der Waals surface area (Å²) in [4.78, 5) is 25.1. The van der Waals surface area contributed by atoms with Crippen molar-refractivity contribution in [3.63, 3.8) is 0 Å². The summed E-state index contributed by atoms with van der Waals surface area (Å²) in [6.45, 7) is 6.44. The molecule has 4 N–H and O–H groups in total. The third-order valence-electron chi connectivity index (χ3n) is 4.84. The van der Waals surface area contributed by atoms with Gasteiger partial charge in [0.2, 0.25) is 5.91 Å². The van der Waals surface area contributed by atoms with E-state index in [1.54, 1.807) is 12.1 Å². The summed E-state index contributed by atoms with van der Waals surface area (Å²) in [5.41, 5.74) is 7.45. The van der Waals surface area contributed by atoms with Gasteiger partial charge in [-0.25, -0.2) is 0 Å². The van der Waals surface area contributed by atoms with Crippen LogP contribution in [0.15, 0.2) is 24.3 Å². The topological polar surface area (TPSA) is 84.2 Å². The van der Waals surface area contributed by atoms with Gasteiger partial charge < -0.3 is 16.4 Å². The molecule has 1 aliphatic rings. The lowest BCUT2D eigenvalue weighted by atomic mass is 10.00. The van der Waals surface area contributed by atoms with Crippen LogP contribution < -0.4 is 16.4 Å². The highest BCUT2D eigenvalue weighted by molar-refractivity contribution is 5.97. The van der Waals surface area contributed by atoms with Crippen LogP contribution in [-0.4, -0.2) is 30.4 Å². The molecule has 0 aliphatic heterocycles. The van der Waals surface area contributed by atoms with Gasteiger partial charge in [0, 0.05) is 11.6 Å². The molecule has 0 saturated heterocycles. The third kappa shape index (κ3) is 5.72. The van der Waals surface area contributed by atoms with E-state index in [0.717, 1.165) is 24.8 Å². The van der Waals surface area contributed by atoms with Gasteiger partial charge in [-0.05, 0) is 50.3 Å². The van der Waals surface area contributed by atoms with Crippen molar-refractivity contribution < 1.29 is 9.59 Å². The molecule has 0 spiro atoms. The first-order valence-electron chi connectivity index (χ1n) is 8.80. The summed E-state index contributed by atoms with van der Waals surface area (Å²) in [7, 11) is 0. The second kappa shape index (κ2) is 9.78. The number of carbonyl (C=O) groups excluding carboxylic acids is 2. The van der Waals surface area contributed by atoms with E-state index in [1.165, 1.54) is 0 Å². The Balaban J connectivity index is 0.00000312. The molecule has 1 aliphatic carbocycles. The highest BCUT2D eigenvalue weighted by Crippen LogP contribution is 2.24. The van der Waals surface area contributed by atoms with Crippen LogP contribution in [0.2, 0.25) is 0 Å². The molecule has 1 aromatic carbocycles. The van der Waals surface area contributed by atoms with Crippen LogP contribution in [0.3, 0.4) is 0 Å². The van der Waals surface area contributed by atoms with Crippen LogP contribution in [0.4, 0.5) is 0 Å². The monoisotopic (exact) mass is 367 g/mol. The fraction of sp³-hybridized carbons (Fsp3) is 0.579. The van der Waals surface area contributed by atoms with Crippen LogP contribution in [0, 0.1) is 18.8 Å². The number of hydrogen-bond acceptors (Lipinski definition) is 3. The average Bonchev–Trinajstić information content (AvgIpc) is 2.99. The van der Waals surface area contributed by atoms with Gasteiger partial charge in [-0.2, -0.15) is 0 Å². The van der Waals surface area contributed by atoms with Crippen molar-refractivity contribution in [2.45, 2.75) is 52.1 Å². The molecule has 0 aromatic heterocycles. The highest BCUT2D eigenvalue weighted by Gasteiger charge is 2.31. The SMILES string of the molecule is Cc1ccc(C(=O)NC(C(=O)NC2CCCC2CN)C(C)C)cc1.Cl. The Hall–Kier alpha value is -1.59. The maximum absolute atomic E-state index is 12.7. The fourth-order valence-electron chi connectivity index (χ4n) is 3.25. The van der Waals surface area contributed by atoms with E-state index in [1.807, 2.05) is 32.9 Å². The summed E-state index contributed by atoms with van der Waals surface area (Å²) in [5.74, 6) is 0.0214. The van der Waals surface area contributed by atoms with E-state index >= 15 is 0 Å². The van der Waals surface area contributed by atoms with Crippen LogP contribution in [0.1, 0.15) is 49.0 Å². The molecule has 2 rings (SSSR count). The number of aryl methyl sites for hydroxylation is 1. The summed E-state index contributed by atoms with van der Waals surface area (Å²) in [5, 5.41) is 5.97. The van der Waals surface area contributed by atoms with Crippen LogP contribution >= 0.6 is 12.4 Å². The van der Waals surface area contributed by atoms with E-state index < -0.39 is 6.04 Å². The maximum atomic E-state index is 12.7. The van der Waals surface area contributed by atoms with Crippen LogP contribution in [0.25, 0.3) is 0 Å². The minimum absolute atomic E-state index is 0. The van der Waals surface area contributed by atoms with Gasteiger partial charge in [-0.3, -0.25) is 9.59 Å². The maximum Gasteiger partial charge on any atom is 0.251 e. The normalized spacial score (nSPS) is 20.7. The number of benzene rings is 1. The Morgan fingerprint density at radius 1 is 1.20 bits per heavy atom. The van der Waals surface area contributed by atoms with Crippen molar-refractivity contribution >= 4 is 24.2 Å². The lowest BCUT2D eigenvalue weighted by Gasteiger charge is -2.26. The Morgan fingerprint density at radius 3 is 2.40 bits per heavy atom. The van der Waals surface area contributed by atoms with Crippen LogP contribution in [0.5, 0.6) is 0 Å². The summed E-state index contributed by atoms with van der Waals surface area (Å²) in [6.07, 6.45) is 3.11. The Kier molecular flexibility index (Phi) is 8.39. The second-order valence-corrected chi connectivity index (χ2v) is 7.10. The molecule has 3 unspecified atom stereocenters. The first kappa shape index (κ1) is 21.5. The molecule has 3 atom stereocenters. The predicted molar refractivity (Wildman–Crippen MR) is 103 cm³/mol. The number of nitrogens with two attached hydrogens (primary N) is 1. The van der Waals surface area contributed by atoms with Crippen molar-refractivity contribution in [2.75, 3.05) is 6.54 Å². The second-order valence-electron chi connectivity index (χ2n) is 7.10. The molecule has 1 saturated carbocycles. The zero-order valence-electron chi connectivity index (χ0n) is 15.2. The first-order chi connectivity index (χ1) is 11.4.